The smallest absolute Gasteiger partial charge is 0.305 e. The number of benzene rings is 1. The summed E-state index contributed by atoms with van der Waals surface area (Å²) < 4.78 is 0. The summed E-state index contributed by atoms with van der Waals surface area (Å²) >= 11 is 1.08. The van der Waals surface area contributed by atoms with Crippen LogP contribution in [0, 0.1) is 0 Å². The number of hydrogen-bond donors (Lipinski definition) is 3. The van der Waals surface area contributed by atoms with Gasteiger partial charge in [0.25, 0.3) is 0 Å². The molecule has 1 atom stereocenters. The third-order valence-corrected chi connectivity index (χ3v) is 4.14. The first-order chi connectivity index (χ1) is 10.6. The zero-order valence-electron chi connectivity index (χ0n) is 11.3. The number of carbonyl (C=O) groups is 2. The van der Waals surface area contributed by atoms with Crippen LogP contribution in [0.1, 0.15) is 12.0 Å². The summed E-state index contributed by atoms with van der Waals surface area (Å²) in [5.41, 5.74) is 1.92. The number of nitrogens with zero attached hydrogens (tertiary/aromatic N) is 2. The van der Waals surface area contributed by atoms with Gasteiger partial charge in [0.15, 0.2) is 5.17 Å². The third-order valence-electron chi connectivity index (χ3n) is 3.07. The fourth-order valence-electron chi connectivity index (χ4n) is 2.05. The van der Waals surface area contributed by atoms with E-state index in [1.54, 1.807) is 6.21 Å². The molecular weight excluding hydrogens is 304 g/mol. The van der Waals surface area contributed by atoms with E-state index in [1.807, 2.05) is 30.5 Å². The number of amides is 1. The maximum absolute atomic E-state index is 11.5. The Morgan fingerprint density at radius 2 is 2.27 bits per heavy atom. The molecule has 3 N–H and O–H groups in total. The number of fused-ring (bicyclic) bond motifs is 1. The topological polar surface area (TPSA) is 107 Å². The summed E-state index contributed by atoms with van der Waals surface area (Å²) in [4.78, 5) is 25.3. The fourth-order valence-corrected chi connectivity index (χ4v) is 2.96. The number of nitrogens with one attached hydrogen (secondary N) is 2. The molecule has 7 nitrogen and oxygen atoms in total. The Morgan fingerprint density at radius 1 is 1.41 bits per heavy atom. The van der Waals surface area contributed by atoms with Gasteiger partial charge >= 0.3 is 5.97 Å². The number of aromatic nitrogens is 1. The summed E-state index contributed by atoms with van der Waals surface area (Å²) in [7, 11) is 0. The van der Waals surface area contributed by atoms with Crippen LogP contribution in [-0.4, -0.2) is 38.6 Å². The van der Waals surface area contributed by atoms with E-state index in [2.05, 4.69) is 20.5 Å². The van der Waals surface area contributed by atoms with Crippen LogP contribution in [0.5, 0.6) is 0 Å². The molecule has 1 aromatic heterocycles. The number of aliphatic carboxylic acids is 1. The van der Waals surface area contributed by atoms with E-state index in [0.29, 0.717) is 5.17 Å². The Hall–Kier alpha value is -2.61. The molecule has 2 heterocycles. The number of carbonyl (C=O) groups excluding carboxylic acids is 1. The second-order valence-electron chi connectivity index (χ2n) is 4.67. The van der Waals surface area contributed by atoms with Crippen molar-refractivity contribution in [2.45, 2.75) is 11.7 Å². The number of H-pyrrole nitrogens is 1. The molecule has 22 heavy (non-hydrogen) atoms. The summed E-state index contributed by atoms with van der Waals surface area (Å²) in [5.74, 6) is -1.37. The second-order valence-corrected chi connectivity index (χ2v) is 5.86. The van der Waals surface area contributed by atoms with Crippen molar-refractivity contribution in [1.82, 2.24) is 10.3 Å². The highest BCUT2D eigenvalue weighted by atomic mass is 32.2. The molecule has 8 heteroatoms. The predicted molar refractivity (Wildman–Crippen MR) is 85.1 cm³/mol. The van der Waals surface area contributed by atoms with Crippen molar-refractivity contribution in [3.05, 3.63) is 36.0 Å². The van der Waals surface area contributed by atoms with Crippen LogP contribution in [0.3, 0.4) is 0 Å². The Labute approximate surface area is 129 Å². The number of aromatic amines is 1. The maximum Gasteiger partial charge on any atom is 0.305 e. The van der Waals surface area contributed by atoms with Gasteiger partial charge in [0.05, 0.1) is 12.6 Å². The zero-order chi connectivity index (χ0) is 15.5. The second kappa shape index (κ2) is 6.02. The lowest BCUT2D eigenvalue weighted by Gasteiger charge is -1.97. The molecule has 1 saturated heterocycles. The molecule has 0 aliphatic carbocycles. The van der Waals surface area contributed by atoms with Gasteiger partial charge in [-0.25, -0.2) is 0 Å². The molecule has 1 fully saturated rings. The summed E-state index contributed by atoms with van der Waals surface area (Å²) in [6.07, 6.45) is 3.21. The molecule has 0 saturated carbocycles. The molecule has 2 aromatic rings. The summed E-state index contributed by atoms with van der Waals surface area (Å²) in [5, 5.41) is 19.8. The first-order valence-corrected chi connectivity index (χ1v) is 7.37. The molecule has 1 amide bonds. The van der Waals surface area contributed by atoms with E-state index in [9.17, 15) is 9.59 Å². The van der Waals surface area contributed by atoms with Crippen molar-refractivity contribution in [2.24, 2.45) is 10.2 Å². The number of carboxylic acids is 1. The van der Waals surface area contributed by atoms with Gasteiger partial charge in [-0.05, 0) is 29.1 Å². The molecule has 0 spiro atoms. The third kappa shape index (κ3) is 3.17. The summed E-state index contributed by atoms with van der Waals surface area (Å²) in [6.45, 7) is 0. The first-order valence-electron chi connectivity index (χ1n) is 6.49. The minimum Gasteiger partial charge on any atom is -0.481 e. The van der Waals surface area contributed by atoms with Crippen molar-refractivity contribution in [2.75, 3.05) is 0 Å². The number of carboxylic acid groups (broad SMARTS) is 1. The van der Waals surface area contributed by atoms with Crippen LogP contribution in [0.2, 0.25) is 0 Å². The normalized spacial score (nSPS) is 20.1. The van der Waals surface area contributed by atoms with E-state index < -0.39 is 11.2 Å². The highest BCUT2D eigenvalue weighted by molar-refractivity contribution is 8.15. The van der Waals surface area contributed by atoms with Crippen LogP contribution in [0.15, 0.2) is 40.7 Å². The van der Waals surface area contributed by atoms with E-state index in [4.69, 9.17) is 5.11 Å². The SMILES string of the molecule is O=C(O)CC1SC(=NN=Cc2ccc3[nH]ccc3c2)NC1=O. The van der Waals surface area contributed by atoms with Gasteiger partial charge < -0.3 is 15.4 Å². The van der Waals surface area contributed by atoms with Crippen molar-refractivity contribution in [3.8, 4) is 0 Å². The van der Waals surface area contributed by atoms with E-state index in [0.717, 1.165) is 28.2 Å². The predicted octanol–water partition coefficient (Wildman–Crippen LogP) is 1.56. The Kier molecular flexibility index (Phi) is 3.92. The standard InChI is InChI=1S/C14H12N4O3S/c19-12(20)6-11-13(21)17-14(22-11)18-16-7-8-1-2-10-9(5-8)3-4-15-10/h1-5,7,11,15H,6H2,(H,19,20)(H,17,18,21). The lowest BCUT2D eigenvalue weighted by atomic mass is 10.2. The van der Waals surface area contributed by atoms with Gasteiger partial charge in [-0.15, -0.1) is 5.10 Å². The molecule has 112 valence electrons. The molecule has 1 unspecified atom stereocenters. The molecule has 0 radical (unpaired) electrons. The lowest BCUT2D eigenvalue weighted by molar-refractivity contribution is -0.138. The Balaban J connectivity index is 1.68. The van der Waals surface area contributed by atoms with E-state index >= 15 is 0 Å². The van der Waals surface area contributed by atoms with Gasteiger partial charge in [-0.1, -0.05) is 17.8 Å². The average molecular weight is 316 g/mol. The highest BCUT2D eigenvalue weighted by Crippen LogP contribution is 2.22. The van der Waals surface area contributed by atoms with Crippen LogP contribution < -0.4 is 5.32 Å². The number of amidine groups is 1. The van der Waals surface area contributed by atoms with Gasteiger partial charge in [-0.3, -0.25) is 9.59 Å². The monoisotopic (exact) mass is 316 g/mol. The highest BCUT2D eigenvalue weighted by Gasteiger charge is 2.32. The molecule has 1 aromatic carbocycles. The van der Waals surface area contributed by atoms with E-state index in [1.165, 1.54) is 0 Å². The van der Waals surface area contributed by atoms with Crippen LogP contribution in [-0.2, 0) is 9.59 Å². The molecule has 0 bridgehead atoms. The minimum absolute atomic E-state index is 0.233. The summed E-state index contributed by atoms with van der Waals surface area (Å²) in [6, 6.07) is 7.76. The van der Waals surface area contributed by atoms with Crippen molar-refractivity contribution in [1.29, 1.82) is 0 Å². The molecule has 1 aliphatic rings. The van der Waals surface area contributed by atoms with Gasteiger partial charge in [0.1, 0.15) is 5.25 Å². The van der Waals surface area contributed by atoms with Crippen LogP contribution in [0.4, 0.5) is 0 Å². The van der Waals surface area contributed by atoms with E-state index in [-0.39, 0.29) is 12.3 Å². The minimum atomic E-state index is -1.02. The average Bonchev–Trinajstić information content (AvgIpc) is 3.05. The van der Waals surface area contributed by atoms with Crippen molar-refractivity contribution >= 4 is 45.9 Å². The number of hydrogen-bond acceptors (Lipinski definition) is 5. The fraction of sp³-hybridized carbons (Fsp3) is 0.143. The maximum atomic E-state index is 11.5. The molecule has 1 aliphatic heterocycles. The largest absolute Gasteiger partial charge is 0.481 e. The Morgan fingerprint density at radius 3 is 3.09 bits per heavy atom. The van der Waals surface area contributed by atoms with Gasteiger partial charge in [-0.2, -0.15) is 5.10 Å². The Bertz CT molecular complexity index is 796. The zero-order valence-corrected chi connectivity index (χ0v) is 12.1. The molecule has 3 rings (SSSR count). The van der Waals surface area contributed by atoms with Crippen molar-refractivity contribution in [3.63, 3.8) is 0 Å². The van der Waals surface area contributed by atoms with Crippen LogP contribution >= 0.6 is 11.8 Å². The van der Waals surface area contributed by atoms with Crippen LogP contribution in [0.25, 0.3) is 10.9 Å². The van der Waals surface area contributed by atoms with Crippen molar-refractivity contribution < 1.29 is 14.7 Å². The van der Waals surface area contributed by atoms with Gasteiger partial charge in [0.2, 0.25) is 5.91 Å². The number of rotatable bonds is 4. The lowest BCUT2D eigenvalue weighted by Crippen LogP contribution is -2.26. The van der Waals surface area contributed by atoms with Gasteiger partial charge in [0, 0.05) is 11.7 Å². The first kappa shape index (κ1) is 14.3. The quantitative estimate of drug-likeness (QED) is 0.588. The molecular formula is C14H12N4O3S. The number of thioether (sulfide) groups is 1.